The number of hydrogen-bond acceptors (Lipinski definition) is 0. The molecule has 0 radical (unpaired) electrons. The van der Waals surface area contributed by atoms with Crippen LogP contribution in [0.15, 0.2) is 30.3 Å². The minimum absolute atomic E-state index is 0. The third-order valence-corrected chi connectivity index (χ3v) is 3.90. The maximum absolute atomic E-state index is 2.25. The molecule has 0 saturated heterocycles. The van der Waals surface area contributed by atoms with Crippen LogP contribution in [-0.2, 0) is 0 Å². The van der Waals surface area contributed by atoms with Crippen molar-refractivity contribution in [2.75, 3.05) is 0 Å². The van der Waals surface area contributed by atoms with Gasteiger partial charge in [-0.1, -0.05) is 45.3 Å². The van der Waals surface area contributed by atoms with Crippen molar-refractivity contribution in [3.05, 3.63) is 30.3 Å². The van der Waals surface area contributed by atoms with Crippen molar-refractivity contribution in [2.24, 2.45) is 0 Å². The lowest BCUT2D eigenvalue weighted by molar-refractivity contribution is 0.520. The molecule has 1 aliphatic carbocycles. The van der Waals surface area contributed by atoms with E-state index in [-0.39, 0.29) is 12.4 Å². The SMILES string of the molecule is Cl.c1ccc(PC2CCC2)cc1. The zero-order valence-corrected chi connectivity index (χ0v) is 8.81. The maximum atomic E-state index is 2.25. The van der Waals surface area contributed by atoms with Gasteiger partial charge in [0, 0.05) is 0 Å². The fourth-order valence-electron chi connectivity index (χ4n) is 1.32. The van der Waals surface area contributed by atoms with E-state index in [1.807, 2.05) is 0 Å². The molecule has 0 nitrogen and oxygen atoms in total. The van der Waals surface area contributed by atoms with Gasteiger partial charge in [0.25, 0.3) is 0 Å². The molecule has 1 aliphatic rings. The van der Waals surface area contributed by atoms with Crippen molar-refractivity contribution in [1.29, 1.82) is 0 Å². The molecule has 2 rings (SSSR count). The molecule has 0 aliphatic heterocycles. The lowest BCUT2D eigenvalue weighted by Crippen LogP contribution is -2.14. The van der Waals surface area contributed by atoms with Crippen LogP contribution < -0.4 is 5.30 Å². The highest BCUT2D eigenvalue weighted by Gasteiger charge is 2.16. The van der Waals surface area contributed by atoms with Gasteiger partial charge >= 0.3 is 0 Å². The second-order valence-corrected chi connectivity index (χ2v) is 4.82. The molecule has 1 unspecified atom stereocenters. The summed E-state index contributed by atoms with van der Waals surface area (Å²) in [7, 11) is 1.07. The van der Waals surface area contributed by atoms with E-state index in [1.165, 1.54) is 24.6 Å². The Morgan fingerprint density at radius 3 is 2.25 bits per heavy atom. The lowest BCUT2D eigenvalue weighted by atomic mass is 10.00. The van der Waals surface area contributed by atoms with Crippen molar-refractivity contribution in [2.45, 2.75) is 24.9 Å². The summed E-state index contributed by atoms with van der Waals surface area (Å²) in [5.41, 5.74) is 1.03. The second-order valence-electron chi connectivity index (χ2n) is 3.14. The quantitative estimate of drug-likeness (QED) is 0.644. The highest BCUT2D eigenvalue weighted by molar-refractivity contribution is 7.48. The van der Waals surface area contributed by atoms with Crippen molar-refractivity contribution >= 4 is 26.3 Å². The summed E-state index contributed by atoms with van der Waals surface area (Å²) in [6.07, 6.45) is 4.39. The summed E-state index contributed by atoms with van der Waals surface area (Å²) in [5, 5.41) is 1.54. The maximum Gasteiger partial charge on any atom is -0.0196 e. The summed E-state index contributed by atoms with van der Waals surface area (Å²) >= 11 is 0. The van der Waals surface area contributed by atoms with E-state index in [1.54, 1.807) is 0 Å². The Bertz CT molecular complexity index is 219. The monoisotopic (exact) mass is 200 g/mol. The molecule has 1 aromatic carbocycles. The average molecular weight is 201 g/mol. The van der Waals surface area contributed by atoms with Gasteiger partial charge in [-0.3, -0.25) is 0 Å². The molecule has 0 bridgehead atoms. The first-order valence-corrected chi connectivity index (χ1v) is 5.34. The molecule has 1 atom stereocenters. The van der Waals surface area contributed by atoms with Gasteiger partial charge in [-0.25, -0.2) is 0 Å². The standard InChI is InChI=1S/C10H13P.ClH/c1-2-5-9(6-3-1)11-10-7-4-8-10;/h1-3,5-6,10-11H,4,7-8H2;1H. The number of rotatable bonds is 2. The van der Waals surface area contributed by atoms with Gasteiger partial charge in [0.2, 0.25) is 0 Å². The van der Waals surface area contributed by atoms with Gasteiger partial charge in [-0.15, -0.1) is 12.4 Å². The summed E-state index contributed by atoms with van der Waals surface area (Å²) < 4.78 is 0. The molecule has 2 heteroatoms. The highest BCUT2D eigenvalue weighted by atomic mass is 35.5. The van der Waals surface area contributed by atoms with Crippen LogP contribution in [0.1, 0.15) is 19.3 Å². The Balaban J connectivity index is 0.000000720. The van der Waals surface area contributed by atoms with Gasteiger partial charge < -0.3 is 0 Å². The zero-order valence-electron chi connectivity index (χ0n) is 6.99. The second kappa shape index (κ2) is 4.84. The Kier molecular flexibility index (Phi) is 4.05. The van der Waals surface area contributed by atoms with Gasteiger partial charge in [0.15, 0.2) is 0 Å². The first-order valence-electron chi connectivity index (χ1n) is 4.27. The Labute approximate surface area is 82.0 Å². The van der Waals surface area contributed by atoms with Crippen molar-refractivity contribution < 1.29 is 0 Å². The van der Waals surface area contributed by atoms with Gasteiger partial charge in [-0.2, -0.15) is 0 Å². The molecule has 12 heavy (non-hydrogen) atoms. The Morgan fingerprint density at radius 2 is 1.75 bits per heavy atom. The first kappa shape index (κ1) is 10.0. The largest absolute Gasteiger partial charge is 0.147 e. The van der Waals surface area contributed by atoms with E-state index in [9.17, 15) is 0 Å². The van der Waals surface area contributed by atoms with Crippen molar-refractivity contribution in [3.8, 4) is 0 Å². The molecule has 1 aromatic rings. The molecule has 0 heterocycles. The Morgan fingerprint density at radius 1 is 1.08 bits per heavy atom. The van der Waals surface area contributed by atoms with Crippen LogP contribution in [0.4, 0.5) is 0 Å². The van der Waals surface area contributed by atoms with E-state index < -0.39 is 0 Å². The molecule has 0 N–H and O–H groups in total. The molecule has 66 valence electrons. The molecule has 1 saturated carbocycles. The predicted molar refractivity (Wildman–Crippen MR) is 59.3 cm³/mol. The molecule has 0 spiro atoms. The third kappa shape index (κ3) is 2.47. The molecular weight excluding hydrogens is 187 g/mol. The van der Waals surface area contributed by atoms with E-state index in [0.29, 0.717) is 0 Å². The van der Waals surface area contributed by atoms with Crippen LogP contribution in [-0.4, -0.2) is 5.66 Å². The molecular formula is C10H14ClP. The fourth-order valence-corrected chi connectivity index (χ4v) is 2.88. The van der Waals surface area contributed by atoms with Gasteiger partial charge in [0.1, 0.15) is 0 Å². The zero-order chi connectivity index (χ0) is 7.52. The molecule has 0 aromatic heterocycles. The van der Waals surface area contributed by atoms with Crippen LogP contribution in [0.5, 0.6) is 0 Å². The number of halogens is 1. The van der Waals surface area contributed by atoms with E-state index in [0.717, 1.165) is 14.2 Å². The number of hydrogen-bond donors (Lipinski definition) is 0. The van der Waals surface area contributed by atoms with Gasteiger partial charge in [-0.05, 0) is 23.8 Å². The number of benzene rings is 1. The smallest absolute Gasteiger partial charge is 0.0196 e. The van der Waals surface area contributed by atoms with Crippen LogP contribution in [0.25, 0.3) is 0 Å². The van der Waals surface area contributed by atoms with E-state index in [4.69, 9.17) is 0 Å². The highest BCUT2D eigenvalue weighted by Crippen LogP contribution is 2.34. The molecule has 0 amide bonds. The van der Waals surface area contributed by atoms with Crippen molar-refractivity contribution in [3.63, 3.8) is 0 Å². The van der Waals surface area contributed by atoms with Crippen LogP contribution in [0.3, 0.4) is 0 Å². The average Bonchev–Trinajstić information content (AvgIpc) is 1.99. The van der Waals surface area contributed by atoms with E-state index in [2.05, 4.69) is 30.3 Å². The lowest BCUT2D eigenvalue weighted by Gasteiger charge is -2.25. The Hall–Kier alpha value is -0.0600. The molecule has 1 fully saturated rings. The minimum Gasteiger partial charge on any atom is -0.147 e. The predicted octanol–water partition coefficient (Wildman–Crippen LogP) is 2.96. The summed E-state index contributed by atoms with van der Waals surface area (Å²) in [6, 6.07) is 10.9. The topological polar surface area (TPSA) is 0 Å². The van der Waals surface area contributed by atoms with Crippen LogP contribution in [0.2, 0.25) is 0 Å². The van der Waals surface area contributed by atoms with Crippen LogP contribution >= 0.6 is 21.0 Å². The van der Waals surface area contributed by atoms with E-state index >= 15 is 0 Å². The summed E-state index contributed by atoms with van der Waals surface area (Å²) in [4.78, 5) is 0. The fraction of sp³-hybridized carbons (Fsp3) is 0.400. The van der Waals surface area contributed by atoms with Crippen LogP contribution in [0, 0.1) is 0 Å². The van der Waals surface area contributed by atoms with Gasteiger partial charge in [0.05, 0.1) is 0 Å². The third-order valence-electron chi connectivity index (χ3n) is 2.25. The van der Waals surface area contributed by atoms with Crippen molar-refractivity contribution in [1.82, 2.24) is 0 Å². The summed E-state index contributed by atoms with van der Waals surface area (Å²) in [6.45, 7) is 0. The normalized spacial score (nSPS) is 17.3. The first-order chi connectivity index (χ1) is 5.45. The summed E-state index contributed by atoms with van der Waals surface area (Å²) in [5.74, 6) is 0. The minimum atomic E-state index is 0.